The first kappa shape index (κ1) is 13.8. The molecular formula is C16H22N2O. The van der Waals surface area contributed by atoms with E-state index in [1.54, 1.807) is 6.20 Å². The molecule has 3 nitrogen and oxygen atoms in total. The van der Waals surface area contributed by atoms with Gasteiger partial charge in [-0.3, -0.25) is 0 Å². The van der Waals surface area contributed by atoms with Crippen molar-refractivity contribution in [1.82, 2.24) is 9.78 Å². The van der Waals surface area contributed by atoms with Crippen molar-refractivity contribution in [2.45, 2.75) is 39.2 Å². The fourth-order valence-corrected chi connectivity index (χ4v) is 2.30. The van der Waals surface area contributed by atoms with Gasteiger partial charge in [0.2, 0.25) is 0 Å². The van der Waals surface area contributed by atoms with Crippen LogP contribution in [0.3, 0.4) is 0 Å². The van der Waals surface area contributed by atoms with Gasteiger partial charge in [0.1, 0.15) is 0 Å². The minimum Gasteiger partial charge on any atom is -0.388 e. The molecule has 0 amide bonds. The minimum atomic E-state index is -0.414. The molecule has 2 rings (SSSR count). The van der Waals surface area contributed by atoms with Crippen LogP contribution in [0.1, 0.15) is 44.8 Å². The van der Waals surface area contributed by atoms with Gasteiger partial charge in [0.15, 0.2) is 0 Å². The molecule has 0 radical (unpaired) electrons. The highest BCUT2D eigenvalue weighted by molar-refractivity contribution is 5.31. The minimum absolute atomic E-state index is 0.414. The van der Waals surface area contributed by atoms with Gasteiger partial charge in [0.25, 0.3) is 0 Å². The SMILES string of the molecule is CCC(CC)CC(O)c1cnn(-c2ccccc2)c1. The van der Waals surface area contributed by atoms with E-state index < -0.39 is 6.10 Å². The van der Waals surface area contributed by atoms with E-state index in [0.29, 0.717) is 5.92 Å². The van der Waals surface area contributed by atoms with Gasteiger partial charge >= 0.3 is 0 Å². The third-order valence-electron chi connectivity index (χ3n) is 3.72. The van der Waals surface area contributed by atoms with E-state index in [2.05, 4.69) is 18.9 Å². The van der Waals surface area contributed by atoms with Gasteiger partial charge in [-0.1, -0.05) is 44.9 Å². The lowest BCUT2D eigenvalue weighted by molar-refractivity contribution is 0.141. The molecule has 1 aromatic carbocycles. The number of aliphatic hydroxyl groups is 1. The highest BCUT2D eigenvalue weighted by Crippen LogP contribution is 2.25. The lowest BCUT2D eigenvalue weighted by Crippen LogP contribution is -2.05. The zero-order valence-electron chi connectivity index (χ0n) is 11.7. The topological polar surface area (TPSA) is 38.1 Å². The Labute approximate surface area is 114 Å². The normalized spacial score (nSPS) is 12.8. The van der Waals surface area contributed by atoms with Crippen LogP contribution in [-0.4, -0.2) is 14.9 Å². The van der Waals surface area contributed by atoms with Crippen molar-refractivity contribution in [2.75, 3.05) is 0 Å². The molecule has 0 spiro atoms. The van der Waals surface area contributed by atoms with Gasteiger partial charge in [-0.05, 0) is 24.5 Å². The summed E-state index contributed by atoms with van der Waals surface area (Å²) in [6.45, 7) is 4.35. The maximum atomic E-state index is 10.3. The highest BCUT2D eigenvalue weighted by atomic mass is 16.3. The standard InChI is InChI=1S/C16H22N2O/c1-3-13(4-2)10-16(19)14-11-17-18(12-14)15-8-6-5-7-9-15/h5-9,11-13,16,19H,3-4,10H2,1-2H3. The van der Waals surface area contributed by atoms with Crippen LogP contribution in [0.4, 0.5) is 0 Å². The van der Waals surface area contributed by atoms with Crippen LogP contribution in [-0.2, 0) is 0 Å². The first-order valence-electron chi connectivity index (χ1n) is 7.02. The Morgan fingerprint density at radius 1 is 1.16 bits per heavy atom. The summed E-state index contributed by atoms with van der Waals surface area (Å²) in [6.07, 6.45) is 6.30. The summed E-state index contributed by atoms with van der Waals surface area (Å²) in [4.78, 5) is 0. The Morgan fingerprint density at radius 2 is 1.84 bits per heavy atom. The summed E-state index contributed by atoms with van der Waals surface area (Å²) in [5.41, 5.74) is 1.92. The first-order valence-corrected chi connectivity index (χ1v) is 7.02. The molecule has 102 valence electrons. The van der Waals surface area contributed by atoms with Crippen molar-refractivity contribution < 1.29 is 5.11 Å². The Kier molecular flexibility index (Phi) is 4.74. The van der Waals surface area contributed by atoms with Crippen molar-refractivity contribution in [2.24, 2.45) is 5.92 Å². The fourth-order valence-electron chi connectivity index (χ4n) is 2.30. The van der Waals surface area contributed by atoms with Gasteiger partial charge in [0, 0.05) is 11.8 Å². The largest absolute Gasteiger partial charge is 0.388 e. The van der Waals surface area contributed by atoms with Gasteiger partial charge in [0.05, 0.1) is 18.0 Å². The summed E-state index contributed by atoms with van der Waals surface area (Å²) in [5.74, 6) is 0.579. The molecule has 1 heterocycles. The van der Waals surface area contributed by atoms with E-state index >= 15 is 0 Å². The maximum Gasteiger partial charge on any atom is 0.0823 e. The second-order valence-electron chi connectivity index (χ2n) is 4.99. The monoisotopic (exact) mass is 258 g/mol. The van der Waals surface area contributed by atoms with E-state index in [1.807, 2.05) is 41.2 Å². The third kappa shape index (κ3) is 3.44. The number of rotatable bonds is 6. The summed E-state index contributed by atoms with van der Waals surface area (Å²) in [6, 6.07) is 9.96. The number of aromatic nitrogens is 2. The van der Waals surface area contributed by atoms with E-state index in [0.717, 1.165) is 30.5 Å². The molecular weight excluding hydrogens is 236 g/mol. The van der Waals surface area contributed by atoms with Gasteiger partial charge in [-0.2, -0.15) is 5.10 Å². The Morgan fingerprint density at radius 3 is 2.47 bits per heavy atom. The molecule has 0 aliphatic heterocycles. The first-order chi connectivity index (χ1) is 9.24. The van der Waals surface area contributed by atoms with E-state index in [-0.39, 0.29) is 0 Å². The number of hydrogen-bond acceptors (Lipinski definition) is 2. The quantitative estimate of drug-likeness (QED) is 0.857. The van der Waals surface area contributed by atoms with Crippen LogP contribution in [0.5, 0.6) is 0 Å². The predicted octanol–water partition coefficient (Wildman–Crippen LogP) is 3.73. The molecule has 0 bridgehead atoms. The third-order valence-corrected chi connectivity index (χ3v) is 3.72. The van der Waals surface area contributed by atoms with Gasteiger partial charge in [-0.15, -0.1) is 0 Å². The van der Waals surface area contributed by atoms with Crippen LogP contribution in [0.2, 0.25) is 0 Å². The smallest absolute Gasteiger partial charge is 0.0823 e. The van der Waals surface area contributed by atoms with Gasteiger partial charge < -0.3 is 5.11 Å². The molecule has 2 aromatic rings. The molecule has 1 aromatic heterocycles. The van der Waals surface area contributed by atoms with Gasteiger partial charge in [-0.25, -0.2) is 4.68 Å². The van der Waals surface area contributed by atoms with Crippen molar-refractivity contribution in [1.29, 1.82) is 0 Å². The van der Waals surface area contributed by atoms with Crippen molar-refractivity contribution >= 4 is 0 Å². The van der Waals surface area contributed by atoms with Crippen LogP contribution < -0.4 is 0 Å². The van der Waals surface area contributed by atoms with Crippen LogP contribution in [0.25, 0.3) is 5.69 Å². The maximum absolute atomic E-state index is 10.3. The van der Waals surface area contributed by atoms with Crippen LogP contribution in [0.15, 0.2) is 42.7 Å². The second-order valence-corrected chi connectivity index (χ2v) is 4.99. The summed E-state index contributed by atoms with van der Waals surface area (Å²) in [5, 5.41) is 14.6. The molecule has 0 aliphatic carbocycles. The number of para-hydroxylation sites is 1. The predicted molar refractivity (Wildman–Crippen MR) is 77.2 cm³/mol. The average molecular weight is 258 g/mol. The molecule has 0 saturated heterocycles. The molecule has 1 N–H and O–H groups in total. The molecule has 0 saturated carbocycles. The van der Waals surface area contributed by atoms with E-state index in [1.165, 1.54) is 0 Å². The molecule has 0 fully saturated rings. The zero-order valence-corrected chi connectivity index (χ0v) is 11.7. The number of aliphatic hydroxyl groups excluding tert-OH is 1. The number of benzene rings is 1. The zero-order chi connectivity index (χ0) is 13.7. The lowest BCUT2D eigenvalue weighted by Gasteiger charge is -2.16. The number of nitrogens with zero attached hydrogens (tertiary/aromatic N) is 2. The highest BCUT2D eigenvalue weighted by Gasteiger charge is 2.15. The van der Waals surface area contributed by atoms with E-state index in [4.69, 9.17) is 0 Å². The summed E-state index contributed by atoms with van der Waals surface area (Å²) in [7, 11) is 0. The molecule has 1 unspecified atom stereocenters. The summed E-state index contributed by atoms with van der Waals surface area (Å²) < 4.78 is 1.81. The second kappa shape index (κ2) is 6.53. The fraction of sp³-hybridized carbons (Fsp3) is 0.438. The van der Waals surface area contributed by atoms with Crippen molar-refractivity contribution in [3.8, 4) is 5.69 Å². The van der Waals surface area contributed by atoms with E-state index in [9.17, 15) is 5.11 Å². The summed E-state index contributed by atoms with van der Waals surface area (Å²) >= 11 is 0. The Bertz CT molecular complexity index is 488. The molecule has 19 heavy (non-hydrogen) atoms. The van der Waals surface area contributed by atoms with Crippen molar-refractivity contribution in [3.63, 3.8) is 0 Å². The average Bonchev–Trinajstić information content (AvgIpc) is 2.95. The van der Waals surface area contributed by atoms with Crippen molar-refractivity contribution in [3.05, 3.63) is 48.3 Å². The molecule has 0 aliphatic rings. The van der Waals surface area contributed by atoms with Crippen LogP contribution >= 0.6 is 0 Å². The number of hydrogen-bond donors (Lipinski definition) is 1. The Balaban J connectivity index is 2.08. The lowest BCUT2D eigenvalue weighted by atomic mass is 9.94. The molecule has 1 atom stereocenters. The Hall–Kier alpha value is -1.61. The molecule has 3 heteroatoms. The van der Waals surface area contributed by atoms with Crippen LogP contribution in [0, 0.1) is 5.92 Å².